The van der Waals surface area contributed by atoms with E-state index in [2.05, 4.69) is 5.32 Å². The molecule has 1 atom stereocenters. The van der Waals surface area contributed by atoms with Crippen LogP contribution in [0.1, 0.15) is 37.0 Å². The molecule has 0 bridgehead atoms. The molecule has 0 saturated carbocycles. The smallest absolute Gasteiger partial charge is 0.329 e. The van der Waals surface area contributed by atoms with Crippen LogP contribution >= 0.6 is 0 Å². The Morgan fingerprint density at radius 2 is 2.05 bits per heavy atom. The van der Waals surface area contributed by atoms with Crippen molar-refractivity contribution in [1.29, 1.82) is 0 Å². The number of para-hydroxylation sites is 1. The van der Waals surface area contributed by atoms with E-state index < -0.39 is 17.4 Å². The molecule has 0 aliphatic carbocycles. The number of rotatable bonds is 6. The molecule has 1 rings (SSSR count). The Morgan fingerprint density at radius 3 is 2.55 bits per heavy atom. The van der Waals surface area contributed by atoms with Crippen LogP contribution in [0.15, 0.2) is 18.2 Å². The second-order valence-corrected chi connectivity index (χ2v) is 4.70. The lowest BCUT2D eigenvalue weighted by molar-refractivity contribution is -0.144. The van der Waals surface area contributed by atoms with E-state index in [9.17, 15) is 19.8 Å². The predicted octanol–water partition coefficient (Wildman–Crippen LogP) is 1.77. The lowest BCUT2D eigenvalue weighted by Crippen LogP contribution is -2.52. The van der Waals surface area contributed by atoms with Gasteiger partial charge < -0.3 is 20.3 Å². The summed E-state index contributed by atoms with van der Waals surface area (Å²) in [6, 6.07) is 4.46. The van der Waals surface area contributed by atoms with Crippen molar-refractivity contribution in [2.75, 3.05) is 7.11 Å². The molecule has 110 valence electrons. The number of amides is 1. The molecule has 20 heavy (non-hydrogen) atoms. The molecule has 0 aromatic heterocycles. The molecule has 1 aromatic rings. The lowest BCUT2D eigenvalue weighted by Gasteiger charge is -2.26. The quantitative estimate of drug-likeness (QED) is 0.738. The molecule has 3 N–H and O–H groups in total. The van der Waals surface area contributed by atoms with Gasteiger partial charge >= 0.3 is 5.97 Å². The Labute approximate surface area is 117 Å². The van der Waals surface area contributed by atoms with Crippen molar-refractivity contribution in [2.24, 2.45) is 0 Å². The van der Waals surface area contributed by atoms with Gasteiger partial charge in [0.05, 0.1) is 12.7 Å². The molecule has 1 unspecified atom stereocenters. The monoisotopic (exact) mass is 281 g/mol. The second kappa shape index (κ2) is 6.27. The zero-order valence-electron chi connectivity index (χ0n) is 11.8. The molecule has 0 aliphatic heterocycles. The first-order valence-electron chi connectivity index (χ1n) is 6.27. The van der Waals surface area contributed by atoms with Crippen LogP contribution in [-0.4, -0.2) is 34.7 Å². The van der Waals surface area contributed by atoms with Gasteiger partial charge in [-0.05, 0) is 25.5 Å². The minimum absolute atomic E-state index is 0.0204. The molecule has 6 nitrogen and oxygen atoms in total. The van der Waals surface area contributed by atoms with Gasteiger partial charge in [-0.15, -0.1) is 0 Å². The summed E-state index contributed by atoms with van der Waals surface area (Å²) in [5.41, 5.74) is -1.39. The molecule has 0 aliphatic rings. The van der Waals surface area contributed by atoms with Gasteiger partial charge in [0.1, 0.15) is 5.54 Å². The molecule has 6 heteroatoms. The first-order valence-corrected chi connectivity index (χ1v) is 6.27. The Balaban J connectivity index is 3.04. The highest BCUT2D eigenvalue weighted by molar-refractivity contribution is 6.00. The van der Waals surface area contributed by atoms with Gasteiger partial charge in [0, 0.05) is 0 Å². The number of methoxy groups -OCH3 is 1. The van der Waals surface area contributed by atoms with E-state index in [1.54, 1.807) is 6.07 Å². The van der Waals surface area contributed by atoms with Gasteiger partial charge in [-0.3, -0.25) is 4.79 Å². The van der Waals surface area contributed by atoms with Crippen LogP contribution in [-0.2, 0) is 4.79 Å². The third-order valence-corrected chi connectivity index (χ3v) is 3.07. The molecule has 0 saturated heterocycles. The van der Waals surface area contributed by atoms with Gasteiger partial charge in [0.2, 0.25) is 0 Å². The van der Waals surface area contributed by atoms with E-state index in [0.717, 1.165) is 0 Å². The predicted molar refractivity (Wildman–Crippen MR) is 73.1 cm³/mol. The summed E-state index contributed by atoms with van der Waals surface area (Å²) in [7, 11) is 1.37. The standard InChI is InChI=1S/C14H19NO5/c1-4-8-14(2,13(18)19)15-12(17)9-6-5-7-10(20-3)11(9)16/h5-7,16H,4,8H2,1-3H3,(H,15,17)(H,18,19). The van der Waals surface area contributed by atoms with Crippen molar-refractivity contribution >= 4 is 11.9 Å². The Kier molecular flexibility index (Phi) is 4.96. The van der Waals surface area contributed by atoms with Crippen LogP contribution in [0, 0.1) is 0 Å². The van der Waals surface area contributed by atoms with Crippen molar-refractivity contribution in [3.63, 3.8) is 0 Å². The topological polar surface area (TPSA) is 95.9 Å². The van der Waals surface area contributed by atoms with Gasteiger partial charge in [0.15, 0.2) is 11.5 Å². The van der Waals surface area contributed by atoms with E-state index >= 15 is 0 Å². The SMILES string of the molecule is CCCC(C)(NC(=O)c1cccc(OC)c1O)C(=O)O. The maximum atomic E-state index is 12.1. The van der Waals surface area contributed by atoms with Crippen LogP contribution < -0.4 is 10.1 Å². The lowest BCUT2D eigenvalue weighted by atomic mass is 9.95. The molecular weight excluding hydrogens is 262 g/mol. The average Bonchev–Trinajstić information content (AvgIpc) is 2.38. The number of hydrogen-bond donors (Lipinski definition) is 3. The highest BCUT2D eigenvalue weighted by Crippen LogP contribution is 2.29. The van der Waals surface area contributed by atoms with Crippen LogP contribution in [0.5, 0.6) is 11.5 Å². The van der Waals surface area contributed by atoms with Gasteiger partial charge in [-0.1, -0.05) is 19.4 Å². The van der Waals surface area contributed by atoms with Crippen LogP contribution in [0.3, 0.4) is 0 Å². The number of aromatic hydroxyl groups is 1. The number of carboxylic acid groups (broad SMARTS) is 1. The van der Waals surface area contributed by atoms with Crippen molar-refractivity contribution < 1.29 is 24.5 Å². The molecule has 0 fully saturated rings. The zero-order valence-corrected chi connectivity index (χ0v) is 11.8. The Hall–Kier alpha value is -2.24. The number of benzene rings is 1. The maximum absolute atomic E-state index is 12.1. The van der Waals surface area contributed by atoms with Gasteiger partial charge in [-0.25, -0.2) is 4.79 Å². The fourth-order valence-electron chi connectivity index (χ4n) is 1.91. The number of carbonyl (C=O) groups excluding carboxylic acids is 1. The highest BCUT2D eigenvalue weighted by atomic mass is 16.5. The van der Waals surface area contributed by atoms with Crippen LogP contribution in [0.4, 0.5) is 0 Å². The third-order valence-electron chi connectivity index (χ3n) is 3.07. The molecule has 1 aromatic carbocycles. The Morgan fingerprint density at radius 1 is 1.40 bits per heavy atom. The molecule has 0 spiro atoms. The minimum atomic E-state index is -1.37. The van der Waals surface area contributed by atoms with Crippen LogP contribution in [0.25, 0.3) is 0 Å². The summed E-state index contributed by atoms with van der Waals surface area (Å²) < 4.78 is 4.91. The third kappa shape index (κ3) is 3.20. The molecule has 0 radical (unpaired) electrons. The van der Waals surface area contributed by atoms with Gasteiger partial charge in [0.25, 0.3) is 5.91 Å². The number of phenolic OH excluding ortho intramolecular Hbond substituents is 1. The highest BCUT2D eigenvalue weighted by Gasteiger charge is 2.34. The van der Waals surface area contributed by atoms with Crippen molar-refractivity contribution in [1.82, 2.24) is 5.32 Å². The molecular formula is C14H19NO5. The summed E-state index contributed by atoms with van der Waals surface area (Å²) in [6.07, 6.45) is 0.895. The Bertz CT molecular complexity index is 514. The number of nitrogens with one attached hydrogen (secondary N) is 1. The summed E-state index contributed by atoms with van der Waals surface area (Å²) >= 11 is 0. The van der Waals surface area contributed by atoms with E-state index in [1.807, 2.05) is 6.92 Å². The fourth-order valence-corrected chi connectivity index (χ4v) is 1.91. The second-order valence-electron chi connectivity index (χ2n) is 4.70. The molecule has 0 heterocycles. The van der Waals surface area contributed by atoms with Crippen molar-refractivity contribution in [3.05, 3.63) is 23.8 Å². The van der Waals surface area contributed by atoms with Crippen molar-refractivity contribution in [2.45, 2.75) is 32.2 Å². The zero-order chi connectivity index (χ0) is 15.3. The number of hydrogen-bond acceptors (Lipinski definition) is 4. The fraction of sp³-hybridized carbons (Fsp3) is 0.429. The number of aliphatic carboxylic acids is 1. The minimum Gasteiger partial charge on any atom is -0.504 e. The number of ether oxygens (including phenoxy) is 1. The first kappa shape index (κ1) is 15.8. The van der Waals surface area contributed by atoms with E-state index in [0.29, 0.717) is 12.8 Å². The number of carboxylic acids is 1. The van der Waals surface area contributed by atoms with E-state index in [4.69, 9.17) is 4.74 Å². The summed E-state index contributed by atoms with van der Waals surface area (Å²) in [5, 5.41) is 21.6. The average molecular weight is 281 g/mol. The summed E-state index contributed by atoms with van der Waals surface area (Å²) in [6.45, 7) is 3.27. The normalized spacial score (nSPS) is 13.3. The largest absolute Gasteiger partial charge is 0.504 e. The van der Waals surface area contributed by atoms with E-state index in [1.165, 1.54) is 26.2 Å². The summed E-state index contributed by atoms with van der Waals surface area (Å²) in [5.74, 6) is -1.92. The van der Waals surface area contributed by atoms with Crippen LogP contribution in [0.2, 0.25) is 0 Å². The van der Waals surface area contributed by atoms with E-state index in [-0.39, 0.29) is 17.1 Å². The van der Waals surface area contributed by atoms with Crippen molar-refractivity contribution in [3.8, 4) is 11.5 Å². The maximum Gasteiger partial charge on any atom is 0.329 e. The number of carbonyl (C=O) groups is 2. The molecule has 1 amide bonds. The summed E-state index contributed by atoms with van der Waals surface area (Å²) in [4.78, 5) is 23.4. The first-order chi connectivity index (χ1) is 9.35. The van der Waals surface area contributed by atoms with Gasteiger partial charge in [-0.2, -0.15) is 0 Å². The number of phenols is 1.